The summed E-state index contributed by atoms with van der Waals surface area (Å²) in [6.07, 6.45) is 0.0751. The van der Waals surface area contributed by atoms with Gasteiger partial charge in [-0.3, -0.25) is 9.69 Å². The molecular formula is C21H18FNO4. The van der Waals surface area contributed by atoms with Crippen molar-refractivity contribution in [3.8, 4) is 11.5 Å². The number of furan rings is 1. The predicted molar refractivity (Wildman–Crippen MR) is 97.2 cm³/mol. The minimum Gasteiger partial charge on any atom is -0.482 e. The van der Waals surface area contributed by atoms with Gasteiger partial charge in [-0.05, 0) is 43.3 Å². The van der Waals surface area contributed by atoms with Crippen LogP contribution in [0.1, 0.15) is 12.7 Å². The summed E-state index contributed by atoms with van der Waals surface area (Å²) in [5.41, 5.74) is 0.161. The van der Waals surface area contributed by atoms with Gasteiger partial charge in [0.1, 0.15) is 17.7 Å². The van der Waals surface area contributed by atoms with E-state index in [1.54, 1.807) is 55.5 Å². The first-order chi connectivity index (χ1) is 13.1. The smallest absolute Gasteiger partial charge is 0.272 e. The molecule has 6 heteroatoms. The third kappa shape index (κ3) is 3.38. The van der Waals surface area contributed by atoms with Gasteiger partial charge < -0.3 is 13.9 Å². The normalized spacial score (nSPS) is 18.1. The molecule has 1 aliphatic heterocycles. The van der Waals surface area contributed by atoms with Gasteiger partial charge in [-0.15, -0.1) is 0 Å². The van der Waals surface area contributed by atoms with Crippen LogP contribution in [0.2, 0.25) is 0 Å². The quantitative estimate of drug-likeness (QED) is 0.694. The number of ether oxygens (including phenoxy) is 2. The van der Waals surface area contributed by atoms with Crippen LogP contribution in [-0.2, 0) is 11.3 Å². The lowest BCUT2D eigenvalue weighted by Crippen LogP contribution is -2.50. The van der Waals surface area contributed by atoms with Crippen molar-refractivity contribution in [2.24, 2.45) is 0 Å². The van der Waals surface area contributed by atoms with Crippen LogP contribution in [0.4, 0.5) is 10.1 Å². The average molecular weight is 367 g/mol. The minimum atomic E-state index is -0.908. The number of carbonyl (C=O) groups is 1. The number of nitrogens with zero attached hydrogens (tertiary/aromatic N) is 1. The number of hydrogen-bond donors (Lipinski definition) is 0. The molecule has 4 rings (SSSR count). The van der Waals surface area contributed by atoms with Crippen molar-refractivity contribution in [2.75, 3.05) is 4.90 Å². The molecule has 0 fully saturated rings. The van der Waals surface area contributed by atoms with Crippen LogP contribution in [0, 0.1) is 5.82 Å². The standard InChI is InChI=1S/C21H18FNO4/c1-14-20(27-19-11-5-4-10-18(19)26-14)21(24)23(13-15-7-6-12-25-15)17-9-3-2-8-16(17)22/h2-12,14,20H,13H2,1H3/t14-,20+/m1/s1. The van der Waals surface area contributed by atoms with Gasteiger partial charge in [0.2, 0.25) is 6.10 Å². The van der Waals surface area contributed by atoms with E-state index in [2.05, 4.69) is 0 Å². The zero-order valence-corrected chi connectivity index (χ0v) is 14.7. The van der Waals surface area contributed by atoms with E-state index in [0.717, 1.165) is 0 Å². The molecule has 0 N–H and O–H groups in total. The lowest BCUT2D eigenvalue weighted by atomic mass is 10.1. The fourth-order valence-electron chi connectivity index (χ4n) is 3.06. The maximum atomic E-state index is 14.4. The van der Waals surface area contributed by atoms with E-state index < -0.39 is 23.9 Å². The van der Waals surface area contributed by atoms with Gasteiger partial charge in [-0.25, -0.2) is 4.39 Å². The molecule has 0 bridgehead atoms. The van der Waals surface area contributed by atoms with E-state index in [1.807, 2.05) is 6.07 Å². The highest BCUT2D eigenvalue weighted by Crippen LogP contribution is 2.35. The number of halogens is 1. The summed E-state index contributed by atoms with van der Waals surface area (Å²) in [7, 11) is 0. The second-order valence-corrected chi connectivity index (χ2v) is 6.26. The molecular weight excluding hydrogens is 349 g/mol. The number of benzene rings is 2. The zero-order valence-electron chi connectivity index (χ0n) is 14.7. The third-order valence-electron chi connectivity index (χ3n) is 4.39. The number of hydrogen-bond acceptors (Lipinski definition) is 4. The first-order valence-corrected chi connectivity index (χ1v) is 8.64. The predicted octanol–water partition coefficient (Wildman–Crippen LogP) is 4.18. The molecule has 2 aromatic carbocycles. The third-order valence-corrected chi connectivity index (χ3v) is 4.39. The van der Waals surface area contributed by atoms with E-state index in [-0.39, 0.29) is 12.2 Å². The number of anilines is 1. The van der Waals surface area contributed by atoms with Crippen molar-refractivity contribution in [2.45, 2.75) is 25.7 Å². The first-order valence-electron chi connectivity index (χ1n) is 8.64. The van der Waals surface area contributed by atoms with Crippen LogP contribution in [0.25, 0.3) is 0 Å². The van der Waals surface area contributed by atoms with Gasteiger partial charge in [0.25, 0.3) is 5.91 Å². The Morgan fingerprint density at radius 1 is 1.00 bits per heavy atom. The van der Waals surface area contributed by atoms with Crippen molar-refractivity contribution in [1.82, 2.24) is 0 Å². The van der Waals surface area contributed by atoms with Crippen molar-refractivity contribution < 1.29 is 23.1 Å². The number of para-hydroxylation sites is 3. The fraction of sp³-hybridized carbons (Fsp3) is 0.190. The SMILES string of the molecule is C[C@H]1Oc2ccccc2O[C@@H]1C(=O)N(Cc1ccco1)c1ccccc1F. The zero-order chi connectivity index (χ0) is 18.8. The van der Waals surface area contributed by atoms with Crippen molar-refractivity contribution in [3.05, 3.63) is 78.5 Å². The van der Waals surface area contributed by atoms with E-state index in [4.69, 9.17) is 13.9 Å². The maximum Gasteiger partial charge on any atom is 0.272 e. The van der Waals surface area contributed by atoms with Gasteiger partial charge in [0, 0.05) is 0 Å². The molecule has 2 heterocycles. The molecule has 3 aromatic rings. The molecule has 5 nitrogen and oxygen atoms in total. The Hall–Kier alpha value is -3.28. The monoisotopic (exact) mass is 367 g/mol. The Bertz CT molecular complexity index is 941. The number of carbonyl (C=O) groups excluding carboxylic acids is 1. The van der Waals surface area contributed by atoms with E-state index in [1.165, 1.54) is 17.2 Å². The Morgan fingerprint density at radius 2 is 1.70 bits per heavy atom. The summed E-state index contributed by atoms with van der Waals surface area (Å²) < 4.78 is 31.5. The molecule has 0 saturated carbocycles. The molecule has 0 aliphatic carbocycles. The summed E-state index contributed by atoms with van der Waals surface area (Å²) in [6, 6.07) is 16.7. The van der Waals surface area contributed by atoms with Gasteiger partial charge >= 0.3 is 0 Å². The van der Waals surface area contributed by atoms with Crippen molar-refractivity contribution >= 4 is 11.6 Å². The number of rotatable bonds is 4. The lowest BCUT2D eigenvalue weighted by Gasteiger charge is -2.34. The second kappa shape index (κ2) is 7.15. The highest BCUT2D eigenvalue weighted by atomic mass is 19.1. The molecule has 0 spiro atoms. The Kier molecular flexibility index (Phi) is 4.54. The molecule has 0 radical (unpaired) electrons. The topological polar surface area (TPSA) is 51.9 Å². The molecule has 1 amide bonds. The number of amides is 1. The summed E-state index contributed by atoms with van der Waals surface area (Å²) in [5.74, 6) is 0.704. The van der Waals surface area contributed by atoms with Gasteiger partial charge in [-0.1, -0.05) is 24.3 Å². The van der Waals surface area contributed by atoms with Crippen molar-refractivity contribution in [3.63, 3.8) is 0 Å². The van der Waals surface area contributed by atoms with E-state index >= 15 is 0 Å². The highest BCUT2D eigenvalue weighted by molar-refractivity contribution is 5.97. The van der Waals surface area contributed by atoms with E-state index in [9.17, 15) is 9.18 Å². The largest absolute Gasteiger partial charge is 0.482 e. The molecule has 27 heavy (non-hydrogen) atoms. The van der Waals surface area contributed by atoms with Crippen LogP contribution in [-0.4, -0.2) is 18.1 Å². The molecule has 1 aliphatic rings. The van der Waals surface area contributed by atoms with Crippen LogP contribution in [0.5, 0.6) is 11.5 Å². The minimum absolute atomic E-state index is 0.0843. The first kappa shape index (κ1) is 17.1. The molecule has 0 saturated heterocycles. The Labute approximate surface area is 155 Å². The molecule has 138 valence electrons. The Morgan fingerprint density at radius 3 is 2.41 bits per heavy atom. The van der Waals surface area contributed by atoms with Gasteiger partial charge in [-0.2, -0.15) is 0 Å². The summed E-state index contributed by atoms with van der Waals surface area (Å²) >= 11 is 0. The van der Waals surface area contributed by atoms with Crippen LogP contribution in [0.15, 0.2) is 71.3 Å². The summed E-state index contributed by atoms with van der Waals surface area (Å²) in [5, 5.41) is 0. The summed E-state index contributed by atoms with van der Waals surface area (Å²) in [4.78, 5) is 14.6. The second-order valence-electron chi connectivity index (χ2n) is 6.26. The van der Waals surface area contributed by atoms with Gasteiger partial charge in [0.15, 0.2) is 11.5 Å². The molecule has 0 unspecified atom stereocenters. The van der Waals surface area contributed by atoms with Crippen molar-refractivity contribution in [1.29, 1.82) is 0 Å². The molecule has 1 aromatic heterocycles. The highest BCUT2D eigenvalue weighted by Gasteiger charge is 2.38. The summed E-state index contributed by atoms with van der Waals surface area (Å²) in [6.45, 7) is 1.84. The van der Waals surface area contributed by atoms with E-state index in [0.29, 0.717) is 17.3 Å². The number of fused-ring (bicyclic) bond motifs is 1. The van der Waals surface area contributed by atoms with Gasteiger partial charge in [0.05, 0.1) is 18.5 Å². The molecule has 2 atom stereocenters. The Balaban J connectivity index is 1.67. The fourth-order valence-corrected chi connectivity index (χ4v) is 3.06. The van der Waals surface area contributed by atoms with Crippen LogP contribution >= 0.6 is 0 Å². The van der Waals surface area contributed by atoms with Crippen LogP contribution in [0.3, 0.4) is 0 Å². The lowest BCUT2D eigenvalue weighted by molar-refractivity contribution is -0.130. The van der Waals surface area contributed by atoms with Crippen LogP contribution < -0.4 is 14.4 Å². The maximum absolute atomic E-state index is 14.4. The average Bonchev–Trinajstić information content (AvgIpc) is 3.19.